The number of anilines is 1. The smallest absolute Gasteiger partial charge is 0.142 e. The van der Waals surface area contributed by atoms with Crippen LogP contribution in [0, 0.1) is 0 Å². The highest BCUT2D eigenvalue weighted by Gasteiger charge is 2.17. The average Bonchev–Trinajstić information content (AvgIpc) is 2.47. The molecule has 1 unspecified atom stereocenters. The van der Waals surface area contributed by atoms with Gasteiger partial charge in [0.2, 0.25) is 0 Å². The van der Waals surface area contributed by atoms with Gasteiger partial charge in [-0.2, -0.15) is 0 Å². The lowest BCUT2D eigenvalue weighted by atomic mass is 10.0. The molecular formula is C16H26N2O2. The Balaban J connectivity index is 1.93. The third kappa shape index (κ3) is 4.12. The molecule has 0 aliphatic carbocycles. The fourth-order valence-corrected chi connectivity index (χ4v) is 2.56. The second kappa shape index (κ2) is 7.50. The Bertz CT molecular complexity index is 417. The molecule has 1 aliphatic rings. The van der Waals surface area contributed by atoms with Crippen molar-refractivity contribution in [3.63, 3.8) is 0 Å². The number of rotatable bonds is 6. The van der Waals surface area contributed by atoms with Gasteiger partial charge in [0.05, 0.1) is 25.5 Å². The van der Waals surface area contributed by atoms with Gasteiger partial charge in [-0.05, 0) is 37.5 Å². The largest absolute Gasteiger partial charge is 0.491 e. The summed E-state index contributed by atoms with van der Waals surface area (Å²) in [7, 11) is 0. The minimum atomic E-state index is 0.515. The van der Waals surface area contributed by atoms with Crippen molar-refractivity contribution >= 4 is 5.69 Å². The van der Waals surface area contributed by atoms with Crippen LogP contribution in [0.4, 0.5) is 5.69 Å². The second-order valence-corrected chi connectivity index (χ2v) is 5.42. The van der Waals surface area contributed by atoms with Crippen LogP contribution < -0.4 is 10.5 Å². The van der Waals surface area contributed by atoms with Crippen molar-refractivity contribution in [2.75, 3.05) is 38.6 Å². The number of nitrogens with two attached hydrogens (primary N) is 1. The standard InChI is InChI=1S/C16H26N2O2/c1-3-8-20-16-5-4-14(12-15(16)17)11-13(2)18-6-9-19-10-7-18/h4-5,12-13H,3,6-11,17H2,1-2H3. The summed E-state index contributed by atoms with van der Waals surface area (Å²) in [5, 5.41) is 0. The molecule has 2 rings (SSSR count). The van der Waals surface area contributed by atoms with Gasteiger partial charge in [-0.25, -0.2) is 0 Å². The van der Waals surface area contributed by atoms with E-state index in [4.69, 9.17) is 15.2 Å². The Hall–Kier alpha value is -1.26. The van der Waals surface area contributed by atoms with Crippen LogP contribution in [0.3, 0.4) is 0 Å². The summed E-state index contributed by atoms with van der Waals surface area (Å²) < 4.78 is 11.0. The van der Waals surface area contributed by atoms with Crippen molar-refractivity contribution in [3.8, 4) is 5.75 Å². The van der Waals surface area contributed by atoms with Gasteiger partial charge in [0, 0.05) is 19.1 Å². The molecule has 1 aromatic rings. The topological polar surface area (TPSA) is 47.7 Å². The lowest BCUT2D eigenvalue weighted by Gasteiger charge is -2.32. The number of nitrogens with zero attached hydrogens (tertiary/aromatic N) is 1. The number of benzene rings is 1. The molecule has 1 heterocycles. The number of hydrogen-bond donors (Lipinski definition) is 1. The molecule has 4 nitrogen and oxygen atoms in total. The molecule has 0 radical (unpaired) electrons. The van der Waals surface area contributed by atoms with Crippen LogP contribution in [0.1, 0.15) is 25.8 Å². The van der Waals surface area contributed by atoms with Crippen LogP contribution in [0.2, 0.25) is 0 Å². The zero-order chi connectivity index (χ0) is 14.4. The third-order valence-corrected chi connectivity index (χ3v) is 3.74. The minimum Gasteiger partial charge on any atom is -0.491 e. The first-order valence-corrected chi connectivity index (χ1v) is 7.53. The van der Waals surface area contributed by atoms with Gasteiger partial charge in [0.15, 0.2) is 0 Å². The van der Waals surface area contributed by atoms with E-state index in [1.807, 2.05) is 12.1 Å². The van der Waals surface area contributed by atoms with Gasteiger partial charge in [-0.1, -0.05) is 13.0 Å². The summed E-state index contributed by atoms with van der Waals surface area (Å²) in [6.45, 7) is 8.81. The first-order valence-electron chi connectivity index (χ1n) is 7.53. The molecular weight excluding hydrogens is 252 g/mol. The van der Waals surface area contributed by atoms with E-state index in [1.54, 1.807) is 0 Å². The van der Waals surface area contributed by atoms with E-state index in [1.165, 1.54) is 5.56 Å². The third-order valence-electron chi connectivity index (χ3n) is 3.74. The van der Waals surface area contributed by atoms with Gasteiger partial charge in [0.1, 0.15) is 5.75 Å². The van der Waals surface area contributed by atoms with E-state index in [2.05, 4.69) is 24.8 Å². The van der Waals surface area contributed by atoms with Crippen LogP contribution in [0.15, 0.2) is 18.2 Å². The Morgan fingerprint density at radius 3 is 2.75 bits per heavy atom. The zero-order valence-electron chi connectivity index (χ0n) is 12.6. The van der Waals surface area contributed by atoms with E-state index in [-0.39, 0.29) is 0 Å². The summed E-state index contributed by atoms with van der Waals surface area (Å²) in [5.41, 5.74) is 8.07. The van der Waals surface area contributed by atoms with Gasteiger partial charge >= 0.3 is 0 Å². The number of hydrogen-bond acceptors (Lipinski definition) is 4. The molecule has 2 N–H and O–H groups in total. The predicted octanol–water partition coefficient (Wildman–Crippen LogP) is 2.32. The summed E-state index contributed by atoms with van der Waals surface area (Å²) in [6.07, 6.45) is 2.01. The van der Waals surface area contributed by atoms with Gasteiger partial charge < -0.3 is 15.2 Å². The molecule has 0 spiro atoms. The lowest BCUT2D eigenvalue weighted by molar-refractivity contribution is 0.0203. The first kappa shape index (κ1) is 15.1. The van der Waals surface area contributed by atoms with Gasteiger partial charge in [0.25, 0.3) is 0 Å². The van der Waals surface area contributed by atoms with Crippen LogP contribution in [-0.4, -0.2) is 43.9 Å². The highest BCUT2D eigenvalue weighted by atomic mass is 16.5. The molecule has 20 heavy (non-hydrogen) atoms. The van der Waals surface area contributed by atoms with Crippen molar-refractivity contribution in [3.05, 3.63) is 23.8 Å². The Morgan fingerprint density at radius 1 is 1.35 bits per heavy atom. The lowest BCUT2D eigenvalue weighted by Crippen LogP contribution is -2.43. The molecule has 112 valence electrons. The number of ether oxygens (including phenoxy) is 2. The quantitative estimate of drug-likeness (QED) is 0.811. The van der Waals surface area contributed by atoms with Crippen LogP contribution in [0.5, 0.6) is 5.75 Å². The molecule has 1 fully saturated rings. The fourth-order valence-electron chi connectivity index (χ4n) is 2.56. The van der Waals surface area contributed by atoms with Crippen LogP contribution in [0.25, 0.3) is 0 Å². The Labute approximate surface area is 121 Å². The molecule has 1 aliphatic heterocycles. The minimum absolute atomic E-state index is 0.515. The summed E-state index contributed by atoms with van der Waals surface area (Å²) in [5.74, 6) is 0.801. The second-order valence-electron chi connectivity index (χ2n) is 5.42. The molecule has 0 aromatic heterocycles. The van der Waals surface area contributed by atoms with Crippen LogP contribution >= 0.6 is 0 Å². The maximum Gasteiger partial charge on any atom is 0.142 e. The zero-order valence-corrected chi connectivity index (χ0v) is 12.6. The van der Waals surface area contributed by atoms with E-state index in [0.717, 1.165) is 50.6 Å². The first-order chi connectivity index (χ1) is 9.70. The highest BCUT2D eigenvalue weighted by Crippen LogP contribution is 2.24. The summed E-state index contributed by atoms with van der Waals surface area (Å²) in [6, 6.07) is 6.67. The van der Waals surface area contributed by atoms with E-state index in [9.17, 15) is 0 Å². The predicted molar refractivity (Wildman–Crippen MR) is 82.2 cm³/mol. The molecule has 0 saturated carbocycles. The molecule has 1 saturated heterocycles. The molecule has 0 amide bonds. The maximum atomic E-state index is 6.06. The monoisotopic (exact) mass is 278 g/mol. The Kier molecular flexibility index (Phi) is 5.68. The van der Waals surface area contributed by atoms with Crippen molar-refractivity contribution in [1.82, 2.24) is 4.90 Å². The number of morpholine rings is 1. The molecule has 4 heteroatoms. The SMILES string of the molecule is CCCOc1ccc(CC(C)N2CCOCC2)cc1N. The summed E-state index contributed by atoms with van der Waals surface area (Å²) >= 11 is 0. The average molecular weight is 278 g/mol. The van der Waals surface area contributed by atoms with Crippen molar-refractivity contribution in [1.29, 1.82) is 0 Å². The molecule has 1 aromatic carbocycles. The van der Waals surface area contributed by atoms with E-state index in [0.29, 0.717) is 12.6 Å². The van der Waals surface area contributed by atoms with E-state index >= 15 is 0 Å². The Morgan fingerprint density at radius 2 is 2.10 bits per heavy atom. The molecule has 0 bridgehead atoms. The van der Waals surface area contributed by atoms with Gasteiger partial charge in [-0.3, -0.25) is 4.90 Å². The van der Waals surface area contributed by atoms with E-state index < -0.39 is 0 Å². The normalized spacial score (nSPS) is 17.9. The van der Waals surface area contributed by atoms with Crippen LogP contribution in [-0.2, 0) is 11.2 Å². The van der Waals surface area contributed by atoms with Crippen molar-refractivity contribution < 1.29 is 9.47 Å². The highest BCUT2D eigenvalue weighted by molar-refractivity contribution is 5.54. The molecule has 1 atom stereocenters. The summed E-state index contributed by atoms with van der Waals surface area (Å²) in [4.78, 5) is 2.47. The van der Waals surface area contributed by atoms with Crippen molar-refractivity contribution in [2.45, 2.75) is 32.7 Å². The van der Waals surface area contributed by atoms with Gasteiger partial charge in [-0.15, -0.1) is 0 Å². The fraction of sp³-hybridized carbons (Fsp3) is 0.625. The van der Waals surface area contributed by atoms with Crippen molar-refractivity contribution in [2.24, 2.45) is 0 Å². The number of nitrogen functional groups attached to an aromatic ring is 1. The maximum absolute atomic E-state index is 6.06.